The van der Waals surface area contributed by atoms with Crippen LogP contribution in [0.5, 0.6) is 0 Å². The molecule has 0 amide bonds. The molecule has 0 bridgehead atoms. The minimum absolute atomic E-state index is 0.1000. The first-order valence-electron chi connectivity index (χ1n) is 11.2. The van der Waals surface area contributed by atoms with Crippen molar-refractivity contribution in [3.05, 3.63) is 22.2 Å². The number of rotatable bonds is 13. The number of nitrogens with zero attached hydrogens (tertiary/aromatic N) is 2. The lowest BCUT2D eigenvalue weighted by Gasteiger charge is -2.17. The van der Waals surface area contributed by atoms with Gasteiger partial charge in [-0.05, 0) is 71.9 Å². The summed E-state index contributed by atoms with van der Waals surface area (Å²) in [4.78, 5) is 15.2. The number of anilines is 1. The predicted molar refractivity (Wildman–Crippen MR) is 123 cm³/mol. The third-order valence-electron chi connectivity index (χ3n) is 5.04. The van der Waals surface area contributed by atoms with Gasteiger partial charge in [-0.1, -0.05) is 0 Å². The van der Waals surface area contributed by atoms with Crippen molar-refractivity contribution in [2.24, 2.45) is 11.5 Å². The number of hydrogen-bond acceptors (Lipinski definition) is 11. The Labute approximate surface area is 189 Å². The zero-order valence-electron chi connectivity index (χ0n) is 18.9. The minimum Gasteiger partial charge on any atom is -0.394 e. The van der Waals surface area contributed by atoms with Gasteiger partial charge in [-0.25, -0.2) is 4.79 Å². The molecule has 12 nitrogen and oxygen atoms in total. The zero-order chi connectivity index (χ0) is 23.9. The molecule has 1 aromatic rings. The number of aromatic nitrogens is 2. The number of nitrogen functional groups attached to an aromatic ring is 1. The van der Waals surface area contributed by atoms with Gasteiger partial charge in [0.2, 0.25) is 0 Å². The van der Waals surface area contributed by atoms with Crippen LogP contribution in [0.3, 0.4) is 0 Å². The van der Waals surface area contributed by atoms with Gasteiger partial charge in [0.25, 0.3) is 0 Å². The first-order valence-corrected chi connectivity index (χ1v) is 11.2. The van der Waals surface area contributed by atoms with Gasteiger partial charge in [0.05, 0.1) is 6.61 Å². The molecule has 0 saturated carbocycles. The molecule has 2 heterocycles. The van der Waals surface area contributed by atoms with E-state index in [-0.39, 0.29) is 5.82 Å². The molecule has 1 fully saturated rings. The van der Waals surface area contributed by atoms with E-state index in [1.807, 2.05) is 0 Å². The van der Waals surface area contributed by atoms with Crippen LogP contribution in [-0.4, -0.2) is 89.1 Å². The van der Waals surface area contributed by atoms with Gasteiger partial charge >= 0.3 is 5.69 Å². The number of unbranched alkanes of at least 4 members (excludes halogenated alkanes) is 1. The lowest BCUT2D eigenvalue weighted by atomic mass is 10.1. The Kier molecular flexibility index (Phi) is 14.2. The molecule has 4 atom stereocenters. The molecule has 0 unspecified atom stereocenters. The quantitative estimate of drug-likeness (QED) is 0.143. The van der Waals surface area contributed by atoms with Gasteiger partial charge in [0.1, 0.15) is 24.1 Å². The van der Waals surface area contributed by atoms with Gasteiger partial charge in [0, 0.05) is 11.8 Å². The first kappa shape index (κ1) is 28.4. The number of nitrogens with one attached hydrogen (secondary N) is 2. The summed E-state index contributed by atoms with van der Waals surface area (Å²) in [6.45, 7) is 7.09. The maximum atomic E-state index is 11.7. The van der Waals surface area contributed by atoms with Gasteiger partial charge < -0.3 is 47.9 Å². The molecule has 0 aliphatic carbocycles. The van der Waals surface area contributed by atoms with E-state index in [9.17, 15) is 15.0 Å². The van der Waals surface area contributed by atoms with Crippen LogP contribution in [0.15, 0.2) is 11.0 Å². The topological polar surface area (TPSA) is 207 Å². The summed E-state index contributed by atoms with van der Waals surface area (Å²) >= 11 is 0. The maximum Gasteiger partial charge on any atom is 0.351 e. The molecular formula is C20H41N7O5. The molecule has 2 rings (SSSR count). The normalized spacial score (nSPS) is 22.6. The summed E-state index contributed by atoms with van der Waals surface area (Å²) in [6.07, 6.45) is 1.43. The molecule has 1 aliphatic heterocycles. The summed E-state index contributed by atoms with van der Waals surface area (Å²) < 4.78 is 6.28. The van der Waals surface area contributed by atoms with Crippen molar-refractivity contribution in [2.45, 2.75) is 57.1 Å². The summed E-state index contributed by atoms with van der Waals surface area (Å²) in [5.74, 6) is 0.1000. The SMILES string of the molecule is Cc1cn([C@@H]2O[C@H](CO)[C@@H](O)[C@H]2O)c(=O)nc1N.NCCCNCCCCNCCCN. The Balaban J connectivity index is 0.000000333. The number of aliphatic hydroxyl groups is 3. The van der Waals surface area contributed by atoms with Crippen LogP contribution >= 0.6 is 0 Å². The molecule has 32 heavy (non-hydrogen) atoms. The molecule has 1 aromatic heterocycles. The van der Waals surface area contributed by atoms with Gasteiger partial charge in [-0.15, -0.1) is 0 Å². The standard InChI is InChI=1S/C10H26N4.C10H15N3O5/c11-5-3-9-13-7-1-2-8-14-10-4-6-12;1-4-2-13(10(17)12-8(4)11)9-7(16)6(15)5(3-14)18-9/h13-14H,1-12H2;2,5-7,9,14-16H,3H2,1H3,(H2,11,12,17)/t;5-,6-,7-,9-/m.1/s1. The smallest absolute Gasteiger partial charge is 0.351 e. The lowest BCUT2D eigenvalue weighted by Crippen LogP contribution is -2.36. The highest BCUT2D eigenvalue weighted by molar-refractivity contribution is 5.35. The van der Waals surface area contributed by atoms with E-state index < -0.39 is 36.8 Å². The fourth-order valence-electron chi connectivity index (χ4n) is 3.08. The number of ether oxygens (including phenoxy) is 1. The van der Waals surface area contributed by atoms with Crippen molar-refractivity contribution in [3.8, 4) is 0 Å². The fourth-order valence-corrected chi connectivity index (χ4v) is 3.08. The van der Waals surface area contributed by atoms with Gasteiger partial charge in [-0.2, -0.15) is 4.98 Å². The van der Waals surface area contributed by atoms with Crippen molar-refractivity contribution in [3.63, 3.8) is 0 Å². The number of aryl methyl sites for hydroxylation is 1. The van der Waals surface area contributed by atoms with Crippen molar-refractivity contribution in [1.29, 1.82) is 0 Å². The second kappa shape index (κ2) is 16.0. The third-order valence-corrected chi connectivity index (χ3v) is 5.04. The van der Waals surface area contributed by atoms with Crippen LogP contribution in [0.2, 0.25) is 0 Å². The van der Waals surface area contributed by atoms with E-state index in [0.717, 1.165) is 56.7 Å². The van der Waals surface area contributed by atoms with Crippen molar-refractivity contribution in [1.82, 2.24) is 20.2 Å². The van der Waals surface area contributed by atoms with E-state index in [2.05, 4.69) is 15.6 Å². The van der Waals surface area contributed by atoms with E-state index >= 15 is 0 Å². The molecule has 0 radical (unpaired) electrons. The predicted octanol–water partition coefficient (Wildman–Crippen LogP) is -2.61. The minimum atomic E-state index is -1.32. The molecule has 1 saturated heterocycles. The number of nitrogens with two attached hydrogens (primary N) is 3. The van der Waals surface area contributed by atoms with E-state index in [0.29, 0.717) is 5.56 Å². The molecule has 0 spiro atoms. The monoisotopic (exact) mass is 459 g/mol. The van der Waals surface area contributed by atoms with Crippen LogP contribution < -0.4 is 33.5 Å². The zero-order valence-corrected chi connectivity index (χ0v) is 18.9. The summed E-state index contributed by atoms with van der Waals surface area (Å²) in [5, 5.41) is 35.1. The van der Waals surface area contributed by atoms with Crippen molar-refractivity contribution < 1.29 is 20.1 Å². The second-order valence-electron chi connectivity index (χ2n) is 7.72. The highest BCUT2D eigenvalue weighted by Crippen LogP contribution is 2.28. The third kappa shape index (κ3) is 9.46. The first-order chi connectivity index (χ1) is 15.4. The fraction of sp³-hybridized carbons (Fsp3) is 0.800. The van der Waals surface area contributed by atoms with Crippen LogP contribution in [0, 0.1) is 6.92 Å². The maximum absolute atomic E-state index is 11.7. The average Bonchev–Trinajstić information content (AvgIpc) is 3.06. The second-order valence-corrected chi connectivity index (χ2v) is 7.72. The van der Waals surface area contributed by atoms with Crippen LogP contribution in [0.1, 0.15) is 37.5 Å². The Morgan fingerprint density at radius 2 is 1.56 bits per heavy atom. The Morgan fingerprint density at radius 3 is 2.03 bits per heavy atom. The highest BCUT2D eigenvalue weighted by atomic mass is 16.6. The molecule has 12 heteroatoms. The lowest BCUT2D eigenvalue weighted by molar-refractivity contribution is -0.0550. The largest absolute Gasteiger partial charge is 0.394 e. The van der Waals surface area contributed by atoms with Crippen LogP contribution in [0.25, 0.3) is 0 Å². The van der Waals surface area contributed by atoms with Crippen molar-refractivity contribution in [2.75, 3.05) is 51.6 Å². The van der Waals surface area contributed by atoms with E-state index in [1.165, 1.54) is 19.0 Å². The summed E-state index contributed by atoms with van der Waals surface area (Å²) in [6, 6.07) is 0. The van der Waals surface area contributed by atoms with E-state index in [1.54, 1.807) is 6.92 Å². The Hall–Kier alpha value is -1.64. The van der Waals surface area contributed by atoms with Gasteiger partial charge in [-0.3, -0.25) is 4.57 Å². The summed E-state index contributed by atoms with van der Waals surface area (Å²) in [5.41, 5.74) is 16.1. The molecule has 0 aromatic carbocycles. The molecule has 186 valence electrons. The number of hydrogen-bond donors (Lipinski definition) is 8. The highest BCUT2D eigenvalue weighted by Gasteiger charge is 2.43. The van der Waals surface area contributed by atoms with E-state index in [4.69, 9.17) is 27.0 Å². The molecule has 1 aliphatic rings. The van der Waals surface area contributed by atoms with Crippen LogP contribution in [-0.2, 0) is 4.74 Å². The summed E-state index contributed by atoms with van der Waals surface area (Å²) in [7, 11) is 0. The average molecular weight is 460 g/mol. The number of aliphatic hydroxyl groups excluding tert-OH is 3. The van der Waals surface area contributed by atoms with Crippen molar-refractivity contribution >= 4 is 5.82 Å². The van der Waals surface area contributed by atoms with Crippen LogP contribution in [0.4, 0.5) is 5.82 Å². The molecule has 11 N–H and O–H groups in total. The molecular weight excluding hydrogens is 418 g/mol. The van der Waals surface area contributed by atoms with Gasteiger partial charge in [0.15, 0.2) is 6.23 Å². The Bertz CT molecular complexity index is 679. The Morgan fingerprint density at radius 1 is 1.03 bits per heavy atom.